The van der Waals surface area contributed by atoms with Crippen molar-refractivity contribution in [1.29, 1.82) is 0 Å². The molecule has 1 aromatic carbocycles. The molecule has 0 aliphatic heterocycles. The number of carboxylic acid groups (broad SMARTS) is 1. The summed E-state index contributed by atoms with van der Waals surface area (Å²) in [6.45, 7) is 5.25. The van der Waals surface area contributed by atoms with Gasteiger partial charge in [0.15, 0.2) is 5.69 Å². The largest absolute Gasteiger partial charge is 0.481 e. The number of fused-ring (bicyclic) bond motifs is 1. The molecular weight excluding hydrogens is 346 g/mol. The molecule has 0 aliphatic rings. The third-order valence-corrected chi connectivity index (χ3v) is 4.58. The molecule has 2 heterocycles. The highest BCUT2D eigenvalue weighted by atomic mass is 16.4. The number of pyridine rings is 1. The number of nitrogens with one attached hydrogen (secondary N) is 1. The van der Waals surface area contributed by atoms with E-state index in [1.807, 2.05) is 30.3 Å². The Balaban J connectivity index is 1.81. The standard InChI is InChI=1S/C19H21N5O3/c1-12-16(17(25)21-11-9-19(2,3)18(26)27)22-23-24(12)15-8-4-7-14-13(15)6-5-10-20-14/h4-8,10H,9,11H2,1-3H3,(H,21,25)(H,26,27). The lowest BCUT2D eigenvalue weighted by atomic mass is 9.90. The SMILES string of the molecule is Cc1c(C(=O)NCCC(C)(C)C(=O)O)nnn1-c1cccc2ncccc12. The molecule has 8 nitrogen and oxygen atoms in total. The number of carbonyl (C=O) groups is 2. The number of hydrogen-bond donors (Lipinski definition) is 2. The molecule has 0 saturated carbocycles. The van der Waals surface area contributed by atoms with Gasteiger partial charge in [0.25, 0.3) is 5.91 Å². The molecule has 0 bridgehead atoms. The van der Waals surface area contributed by atoms with Crippen LogP contribution in [0.5, 0.6) is 0 Å². The summed E-state index contributed by atoms with van der Waals surface area (Å²) in [7, 11) is 0. The number of rotatable bonds is 6. The molecule has 1 amide bonds. The highest BCUT2D eigenvalue weighted by Gasteiger charge is 2.27. The average molecular weight is 367 g/mol. The maximum Gasteiger partial charge on any atom is 0.309 e. The Hall–Kier alpha value is -3.29. The fraction of sp³-hybridized carbons (Fsp3) is 0.316. The van der Waals surface area contributed by atoms with Crippen LogP contribution in [0.2, 0.25) is 0 Å². The molecule has 2 N–H and O–H groups in total. The number of aliphatic carboxylic acids is 1. The Morgan fingerprint density at radius 3 is 2.74 bits per heavy atom. The molecule has 0 aliphatic carbocycles. The van der Waals surface area contributed by atoms with Crippen LogP contribution in [-0.4, -0.2) is 43.5 Å². The van der Waals surface area contributed by atoms with E-state index in [0.29, 0.717) is 12.1 Å². The summed E-state index contributed by atoms with van der Waals surface area (Å²) in [4.78, 5) is 27.9. The van der Waals surface area contributed by atoms with Crippen LogP contribution >= 0.6 is 0 Å². The molecule has 8 heteroatoms. The third kappa shape index (κ3) is 3.64. The van der Waals surface area contributed by atoms with Crippen LogP contribution in [0.4, 0.5) is 0 Å². The van der Waals surface area contributed by atoms with Gasteiger partial charge in [-0.05, 0) is 51.5 Å². The molecule has 27 heavy (non-hydrogen) atoms. The molecule has 0 unspecified atom stereocenters. The topological polar surface area (TPSA) is 110 Å². The normalized spacial score (nSPS) is 11.5. The highest BCUT2D eigenvalue weighted by Crippen LogP contribution is 2.22. The molecule has 0 atom stereocenters. The fourth-order valence-electron chi connectivity index (χ4n) is 2.72. The lowest BCUT2D eigenvalue weighted by Gasteiger charge is -2.18. The van der Waals surface area contributed by atoms with Gasteiger partial charge in [-0.1, -0.05) is 11.3 Å². The Morgan fingerprint density at radius 2 is 2.00 bits per heavy atom. The first kappa shape index (κ1) is 18.5. The smallest absolute Gasteiger partial charge is 0.309 e. The number of benzene rings is 1. The fourth-order valence-corrected chi connectivity index (χ4v) is 2.72. The molecule has 0 spiro atoms. The summed E-state index contributed by atoms with van der Waals surface area (Å²) in [5.74, 6) is -1.28. The van der Waals surface area contributed by atoms with Crippen LogP contribution in [0, 0.1) is 12.3 Å². The Labute approximate surface area is 156 Å². The van der Waals surface area contributed by atoms with E-state index in [9.17, 15) is 9.59 Å². The van der Waals surface area contributed by atoms with Crippen molar-refractivity contribution in [3.8, 4) is 5.69 Å². The highest BCUT2D eigenvalue weighted by molar-refractivity contribution is 5.94. The minimum Gasteiger partial charge on any atom is -0.481 e. The van der Waals surface area contributed by atoms with E-state index in [1.165, 1.54) is 0 Å². The number of amides is 1. The van der Waals surface area contributed by atoms with Crippen molar-refractivity contribution in [2.24, 2.45) is 5.41 Å². The number of nitrogens with zero attached hydrogens (tertiary/aromatic N) is 4. The van der Waals surface area contributed by atoms with Crippen molar-refractivity contribution >= 4 is 22.8 Å². The summed E-state index contributed by atoms with van der Waals surface area (Å²) in [5.41, 5.74) is 1.52. The van der Waals surface area contributed by atoms with Crippen molar-refractivity contribution in [3.63, 3.8) is 0 Å². The first-order valence-corrected chi connectivity index (χ1v) is 8.59. The van der Waals surface area contributed by atoms with Crippen LogP contribution in [0.25, 0.3) is 16.6 Å². The van der Waals surface area contributed by atoms with Crippen molar-refractivity contribution < 1.29 is 14.7 Å². The zero-order valence-corrected chi connectivity index (χ0v) is 15.4. The van der Waals surface area contributed by atoms with Gasteiger partial charge in [0, 0.05) is 18.1 Å². The molecular formula is C19H21N5O3. The minimum atomic E-state index is -0.907. The second-order valence-electron chi connectivity index (χ2n) is 6.98. The summed E-state index contributed by atoms with van der Waals surface area (Å²) < 4.78 is 1.61. The maximum absolute atomic E-state index is 12.4. The van der Waals surface area contributed by atoms with Crippen molar-refractivity contribution in [3.05, 3.63) is 47.9 Å². The van der Waals surface area contributed by atoms with E-state index in [-0.39, 0.29) is 18.1 Å². The number of carbonyl (C=O) groups excluding carboxylic acids is 1. The average Bonchev–Trinajstić information content (AvgIpc) is 3.02. The van der Waals surface area contributed by atoms with E-state index < -0.39 is 11.4 Å². The van der Waals surface area contributed by atoms with Crippen molar-refractivity contribution in [2.75, 3.05) is 6.54 Å². The van der Waals surface area contributed by atoms with Crippen LogP contribution < -0.4 is 5.32 Å². The predicted molar refractivity (Wildman–Crippen MR) is 99.8 cm³/mol. The van der Waals surface area contributed by atoms with Gasteiger partial charge >= 0.3 is 5.97 Å². The number of hydrogen-bond acceptors (Lipinski definition) is 5. The molecule has 3 aromatic rings. The molecule has 140 valence electrons. The summed E-state index contributed by atoms with van der Waals surface area (Å²) >= 11 is 0. The van der Waals surface area contributed by atoms with Crippen LogP contribution in [0.1, 0.15) is 36.5 Å². The Kier molecular flexibility index (Phi) is 4.89. The Morgan fingerprint density at radius 1 is 1.22 bits per heavy atom. The second-order valence-corrected chi connectivity index (χ2v) is 6.98. The van der Waals surface area contributed by atoms with Gasteiger partial charge in [-0.25, -0.2) is 4.68 Å². The van der Waals surface area contributed by atoms with Gasteiger partial charge in [-0.15, -0.1) is 5.10 Å². The third-order valence-electron chi connectivity index (χ3n) is 4.58. The van der Waals surface area contributed by atoms with Gasteiger partial charge < -0.3 is 10.4 Å². The monoisotopic (exact) mass is 367 g/mol. The van der Waals surface area contributed by atoms with Gasteiger partial charge in [-0.2, -0.15) is 0 Å². The van der Waals surface area contributed by atoms with E-state index in [2.05, 4.69) is 20.6 Å². The van der Waals surface area contributed by atoms with Crippen LogP contribution in [-0.2, 0) is 4.79 Å². The quantitative estimate of drug-likeness (QED) is 0.692. The van der Waals surface area contributed by atoms with E-state index >= 15 is 0 Å². The van der Waals surface area contributed by atoms with E-state index in [4.69, 9.17) is 5.11 Å². The molecule has 0 radical (unpaired) electrons. The molecule has 0 saturated heterocycles. The summed E-state index contributed by atoms with van der Waals surface area (Å²) in [6, 6.07) is 9.45. The maximum atomic E-state index is 12.4. The lowest BCUT2D eigenvalue weighted by Crippen LogP contribution is -2.32. The van der Waals surface area contributed by atoms with Gasteiger partial charge in [-0.3, -0.25) is 14.6 Å². The second kappa shape index (κ2) is 7.14. The summed E-state index contributed by atoms with van der Waals surface area (Å²) in [6.07, 6.45) is 2.04. The Bertz CT molecular complexity index is 1000. The van der Waals surface area contributed by atoms with Crippen molar-refractivity contribution in [1.82, 2.24) is 25.3 Å². The van der Waals surface area contributed by atoms with Crippen LogP contribution in [0.3, 0.4) is 0 Å². The molecule has 0 fully saturated rings. The minimum absolute atomic E-state index is 0.212. The predicted octanol–water partition coefficient (Wildman–Crippen LogP) is 2.35. The first-order valence-electron chi connectivity index (χ1n) is 8.59. The first-order chi connectivity index (χ1) is 12.8. The molecule has 2 aromatic heterocycles. The van der Waals surface area contributed by atoms with E-state index in [0.717, 1.165) is 16.6 Å². The zero-order chi connectivity index (χ0) is 19.6. The van der Waals surface area contributed by atoms with Crippen molar-refractivity contribution in [2.45, 2.75) is 27.2 Å². The summed E-state index contributed by atoms with van der Waals surface area (Å²) in [5, 5.41) is 20.9. The van der Waals surface area contributed by atoms with E-state index in [1.54, 1.807) is 31.6 Å². The van der Waals surface area contributed by atoms with Gasteiger partial charge in [0.05, 0.1) is 22.3 Å². The molecule has 3 rings (SSSR count). The lowest BCUT2D eigenvalue weighted by molar-refractivity contribution is -0.147. The van der Waals surface area contributed by atoms with Crippen LogP contribution in [0.15, 0.2) is 36.5 Å². The number of carboxylic acids is 1. The van der Waals surface area contributed by atoms with Gasteiger partial charge in [0.1, 0.15) is 0 Å². The van der Waals surface area contributed by atoms with Gasteiger partial charge in [0.2, 0.25) is 0 Å². The zero-order valence-electron chi connectivity index (χ0n) is 15.4. The number of aromatic nitrogens is 4.